The van der Waals surface area contributed by atoms with E-state index in [0.717, 1.165) is 5.56 Å². The van der Waals surface area contributed by atoms with Gasteiger partial charge in [-0.25, -0.2) is 5.43 Å². The molecular formula is C31H27Cl2N3O6. The van der Waals surface area contributed by atoms with E-state index >= 15 is 0 Å². The van der Waals surface area contributed by atoms with Gasteiger partial charge in [0.1, 0.15) is 18.1 Å². The van der Waals surface area contributed by atoms with Gasteiger partial charge in [0.25, 0.3) is 11.8 Å². The van der Waals surface area contributed by atoms with E-state index in [2.05, 4.69) is 15.8 Å². The Morgan fingerprint density at radius 2 is 1.52 bits per heavy atom. The van der Waals surface area contributed by atoms with Crippen LogP contribution in [-0.4, -0.2) is 38.9 Å². The van der Waals surface area contributed by atoms with Crippen LogP contribution in [0.2, 0.25) is 10.0 Å². The van der Waals surface area contributed by atoms with Crippen LogP contribution < -0.4 is 29.7 Å². The summed E-state index contributed by atoms with van der Waals surface area (Å²) >= 11 is 11.9. The van der Waals surface area contributed by atoms with Gasteiger partial charge in [-0.3, -0.25) is 9.59 Å². The van der Waals surface area contributed by atoms with Gasteiger partial charge in [-0.15, -0.1) is 0 Å². The third-order valence-corrected chi connectivity index (χ3v) is 6.29. The van der Waals surface area contributed by atoms with Gasteiger partial charge >= 0.3 is 0 Å². The molecule has 42 heavy (non-hydrogen) atoms. The Labute approximate surface area is 253 Å². The van der Waals surface area contributed by atoms with E-state index in [4.69, 9.17) is 42.1 Å². The Morgan fingerprint density at radius 3 is 2.29 bits per heavy atom. The Hall–Kier alpha value is -4.73. The van der Waals surface area contributed by atoms with Crippen molar-refractivity contribution in [1.82, 2.24) is 5.43 Å². The number of amides is 2. The number of nitrogens with one attached hydrogen (secondary N) is 2. The number of methoxy groups -OCH3 is 2. The van der Waals surface area contributed by atoms with Crippen molar-refractivity contribution >= 4 is 46.9 Å². The number of ether oxygens (including phenoxy) is 4. The summed E-state index contributed by atoms with van der Waals surface area (Å²) in [6.45, 7) is 0.00105. The molecule has 4 aromatic rings. The molecule has 216 valence electrons. The molecule has 0 aliphatic carbocycles. The summed E-state index contributed by atoms with van der Waals surface area (Å²) in [5.41, 5.74) is 4.85. The lowest BCUT2D eigenvalue weighted by molar-refractivity contribution is -0.118. The van der Waals surface area contributed by atoms with Crippen LogP contribution >= 0.6 is 23.2 Å². The van der Waals surface area contributed by atoms with E-state index in [-0.39, 0.29) is 13.2 Å². The van der Waals surface area contributed by atoms with E-state index in [1.165, 1.54) is 20.4 Å². The fraction of sp³-hybridized carbons (Fsp3) is 0.129. The van der Waals surface area contributed by atoms with Gasteiger partial charge in [0.05, 0.1) is 31.7 Å². The largest absolute Gasteiger partial charge is 0.495 e. The molecule has 0 aromatic heterocycles. The molecule has 0 aliphatic rings. The Balaban J connectivity index is 1.33. The number of hydrogen-bond acceptors (Lipinski definition) is 7. The van der Waals surface area contributed by atoms with Crippen LogP contribution in [0.4, 0.5) is 5.69 Å². The first-order chi connectivity index (χ1) is 20.4. The molecule has 0 bridgehead atoms. The van der Waals surface area contributed by atoms with E-state index in [1.807, 2.05) is 12.1 Å². The molecule has 2 N–H and O–H groups in total. The van der Waals surface area contributed by atoms with Crippen LogP contribution in [0.3, 0.4) is 0 Å². The normalized spacial score (nSPS) is 10.7. The van der Waals surface area contributed by atoms with Crippen LogP contribution in [0.15, 0.2) is 90.0 Å². The highest BCUT2D eigenvalue weighted by molar-refractivity contribution is 6.31. The van der Waals surface area contributed by atoms with Crippen LogP contribution in [0.5, 0.6) is 23.0 Å². The minimum absolute atomic E-state index is 0.273. The molecule has 0 fully saturated rings. The number of carbonyl (C=O) groups is 2. The average Bonchev–Trinajstić information content (AvgIpc) is 3.01. The summed E-state index contributed by atoms with van der Waals surface area (Å²) in [4.78, 5) is 25.2. The van der Waals surface area contributed by atoms with Gasteiger partial charge in [-0.05, 0) is 65.7 Å². The molecular weight excluding hydrogens is 581 g/mol. The fourth-order valence-electron chi connectivity index (χ4n) is 3.73. The number of benzene rings is 4. The first kappa shape index (κ1) is 30.2. The van der Waals surface area contributed by atoms with Crippen molar-refractivity contribution < 1.29 is 28.5 Å². The van der Waals surface area contributed by atoms with Gasteiger partial charge in [-0.2, -0.15) is 5.10 Å². The summed E-state index contributed by atoms with van der Waals surface area (Å²) in [6, 6.07) is 24.0. The average molecular weight is 608 g/mol. The Kier molecular flexibility index (Phi) is 10.6. The van der Waals surface area contributed by atoms with Gasteiger partial charge < -0.3 is 24.3 Å². The van der Waals surface area contributed by atoms with Gasteiger partial charge in [0.15, 0.2) is 18.1 Å². The van der Waals surface area contributed by atoms with Crippen LogP contribution in [-0.2, 0) is 11.4 Å². The zero-order chi connectivity index (χ0) is 29.9. The zero-order valence-corrected chi connectivity index (χ0v) is 24.2. The molecule has 0 spiro atoms. The second-order valence-electron chi connectivity index (χ2n) is 8.70. The maximum Gasteiger partial charge on any atom is 0.275 e. The summed E-state index contributed by atoms with van der Waals surface area (Å²) in [7, 11) is 2.96. The molecule has 2 amide bonds. The number of hydrazone groups is 1. The maximum absolute atomic E-state index is 12.8. The SMILES string of the molecule is COc1cc(Cl)ccc1NC(=O)COc1ccc(/C=N\NC(=O)c2ccccc2OCc2ccc(Cl)cc2)cc1OC. The second kappa shape index (κ2) is 14.8. The van der Waals surface area contributed by atoms with Crippen LogP contribution in [0.25, 0.3) is 0 Å². The topological polar surface area (TPSA) is 107 Å². The molecule has 0 radical (unpaired) electrons. The maximum atomic E-state index is 12.8. The highest BCUT2D eigenvalue weighted by Gasteiger charge is 2.13. The number of carbonyl (C=O) groups excluding carboxylic acids is 2. The molecule has 4 rings (SSSR count). The molecule has 0 heterocycles. The third kappa shape index (κ3) is 8.39. The number of para-hydroxylation sites is 1. The molecule has 4 aromatic carbocycles. The van der Waals surface area contributed by atoms with Crippen molar-refractivity contribution in [2.24, 2.45) is 5.10 Å². The minimum Gasteiger partial charge on any atom is -0.495 e. The second-order valence-corrected chi connectivity index (χ2v) is 9.58. The van der Waals surface area contributed by atoms with Crippen molar-refractivity contribution in [3.8, 4) is 23.0 Å². The number of anilines is 1. The van der Waals surface area contributed by atoms with Crippen molar-refractivity contribution in [1.29, 1.82) is 0 Å². The Morgan fingerprint density at radius 1 is 0.786 bits per heavy atom. The van der Waals surface area contributed by atoms with E-state index in [9.17, 15) is 9.59 Å². The lowest BCUT2D eigenvalue weighted by Gasteiger charge is -2.13. The standard InChI is InChI=1S/C31H27Cl2N3O6/c1-39-28-16-23(33)12-13-25(28)35-30(37)19-42-27-14-9-21(15-29(27)40-2)17-34-36-31(38)24-5-3-4-6-26(24)41-18-20-7-10-22(32)11-8-20/h3-17H,18-19H2,1-2H3,(H,35,37)(H,36,38)/b34-17-. The molecule has 0 atom stereocenters. The minimum atomic E-state index is -0.437. The monoisotopic (exact) mass is 607 g/mol. The highest BCUT2D eigenvalue weighted by Crippen LogP contribution is 2.29. The van der Waals surface area contributed by atoms with Gasteiger partial charge in [-0.1, -0.05) is 47.5 Å². The first-order valence-electron chi connectivity index (χ1n) is 12.6. The van der Waals surface area contributed by atoms with E-state index in [0.29, 0.717) is 49.9 Å². The number of halogens is 2. The molecule has 0 unspecified atom stereocenters. The molecule has 9 nitrogen and oxygen atoms in total. The molecule has 0 aliphatic heterocycles. The number of rotatable bonds is 12. The number of nitrogens with zero attached hydrogens (tertiary/aromatic N) is 1. The van der Waals surface area contributed by atoms with Crippen LogP contribution in [0, 0.1) is 0 Å². The Bertz CT molecular complexity index is 1580. The number of hydrogen-bond donors (Lipinski definition) is 2. The van der Waals surface area contributed by atoms with E-state index < -0.39 is 11.8 Å². The van der Waals surface area contributed by atoms with Gasteiger partial charge in [0, 0.05) is 16.1 Å². The predicted octanol–water partition coefficient (Wildman–Crippen LogP) is 6.37. The third-order valence-electron chi connectivity index (χ3n) is 5.80. The molecule has 0 saturated heterocycles. The van der Waals surface area contributed by atoms with E-state index in [1.54, 1.807) is 72.8 Å². The first-order valence-corrected chi connectivity index (χ1v) is 13.4. The van der Waals surface area contributed by atoms with Gasteiger partial charge in [0.2, 0.25) is 0 Å². The summed E-state index contributed by atoms with van der Waals surface area (Å²) in [5, 5.41) is 7.90. The smallest absolute Gasteiger partial charge is 0.275 e. The predicted molar refractivity (Wildman–Crippen MR) is 162 cm³/mol. The highest BCUT2D eigenvalue weighted by atomic mass is 35.5. The quantitative estimate of drug-likeness (QED) is 0.143. The lowest BCUT2D eigenvalue weighted by Crippen LogP contribution is -2.20. The zero-order valence-electron chi connectivity index (χ0n) is 22.7. The van der Waals surface area contributed by atoms with Crippen LogP contribution in [0.1, 0.15) is 21.5 Å². The van der Waals surface area contributed by atoms with Crippen molar-refractivity contribution in [2.45, 2.75) is 6.61 Å². The molecule has 0 saturated carbocycles. The lowest BCUT2D eigenvalue weighted by atomic mass is 10.2. The summed E-state index contributed by atoms with van der Waals surface area (Å²) < 4.78 is 22.1. The fourth-order valence-corrected chi connectivity index (χ4v) is 4.02. The molecule has 11 heteroatoms. The summed E-state index contributed by atoms with van der Waals surface area (Å²) in [5.74, 6) is 0.739. The van der Waals surface area contributed by atoms with Crippen molar-refractivity contribution in [2.75, 3.05) is 26.1 Å². The summed E-state index contributed by atoms with van der Waals surface area (Å²) in [6.07, 6.45) is 1.46. The van der Waals surface area contributed by atoms with Crippen molar-refractivity contribution in [3.63, 3.8) is 0 Å². The van der Waals surface area contributed by atoms with Crippen molar-refractivity contribution in [3.05, 3.63) is 112 Å².